The third-order valence-electron chi connectivity index (χ3n) is 5.74. The molecule has 2 heteroatoms. The first-order valence-electron chi connectivity index (χ1n) is 8.42. The highest BCUT2D eigenvalue weighted by Gasteiger charge is 2.46. The first kappa shape index (κ1) is 16.3. The van der Waals surface area contributed by atoms with Crippen molar-refractivity contribution in [2.24, 2.45) is 11.8 Å². The van der Waals surface area contributed by atoms with Gasteiger partial charge in [-0.2, -0.15) is 0 Å². The molecule has 0 radical (unpaired) electrons. The Labute approximate surface area is 126 Å². The normalized spacial score (nSPS) is 37.2. The van der Waals surface area contributed by atoms with Crippen LogP contribution in [0.15, 0.2) is 0 Å². The minimum Gasteiger partial charge on any atom is -0.307 e. The maximum absolute atomic E-state index is 3.82. The molecule has 0 spiro atoms. The van der Waals surface area contributed by atoms with Crippen LogP contribution in [0.2, 0.25) is 0 Å². The van der Waals surface area contributed by atoms with Crippen LogP contribution in [0.4, 0.5) is 0 Å². The highest BCUT2D eigenvalue weighted by atomic mass is 15.1. The minimum absolute atomic E-state index is 0.287. The summed E-state index contributed by atoms with van der Waals surface area (Å²) < 4.78 is 0. The second-order valence-corrected chi connectivity index (χ2v) is 9.84. The highest BCUT2D eigenvalue weighted by Crippen LogP contribution is 2.43. The topological polar surface area (TPSA) is 24.1 Å². The van der Waals surface area contributed by atoms with Gasteiger partial charge >= 0.3 is 0 Å². The molecule has 0 amide bonds. The molecule has 0 aromatic heterocycles. The molecule has 2 aliphatic rings. The molecule has 2 nitrogen and oxygen atoms in total. The number of hydrogen-bond donors (Lipinski definition) is 2. The summed E-state index contributed by atoms with van der Waals surface area (Å²) >= 11 is 0. The first-order valence-corrected chi connectivity index (χ1v) is 8.42. The standard InChI is InChI=1S/C18H36N2/c1-15(2)11-13(17(5,6)19-15)9-10-14-12-16(3,4)20-18(14,7)8/h13-14,19-20H,9-12H2,1-8H3. The van der Waals surface area contributed by atoms with Crippen LogP contribution in [0, 0.1) is 11.8 Å². The lowest BCUT2D eigenvalue weighted by atomic mass is 9.77. The molecule has 2 aliphatic heterocycles. The predicted molar refractivity (Wildman–Crippen MR) is 88.0 cm³/mol. The van der Waals surface area contributed by atoms with Gasteiger partial charge in [-0.15, -0.1) is 0 Å². The van der Waals surface area contributed by atoms with Crippen LogP contribution in [0.25, 0.3) is 0 Å². The minimum atomic E-state index is 0.287. The van der Waals surface area contributed by atoms with Gasteiger partial charge in [-0.1, -0.05) is 0 Å². The van der Waals surface area contributed by atoms with Crippen molar-refractivity contribution in [2.45, 2.75) is 103 Å². The number of nitrogens with one attached hydrogen (secondary N) is 2. The van der Waals surface area contributed by atoms with Crippen LogP contribution in [0.3, 0.4) is 0 Å². The quantitative estimate of drug-likeness (QED) is 0.813. The second kappa shape index (κ2) is 4.71. The van der Waals surface area contributed by atoms with E-state index in [2.05, 4.69) is 66.0 Å². The van der Waals surface area contributed by atoms with Gasteiger partial charge in [-0.3, -0.25) is 0 Å². The van der Waals surface area contributed by atoms with Crippen molar-refractivity contribution in [3.8, 4) is 0 Å². The molecule has 2 atom stereocenters. The molecule has 0 aromatic rings. The molecular weight excluding hydrogens is 244 g/mol. The van der Waals surface area contributed by atoms with E-state index in [1.165, 1.54) is 25.7 Å². The Morgan fingerprint density at radius 1 is 0.650 bits per heavy atom. The van der Waals surface area contributed by atoms with Gasteiger partial charge in [0.2, 0.25) is 0 Å². The van der Waals surface area contributed by atoms with Crippen LogP contribution in [-0.2, 0) is 0 Å². The fourth-order valence-electron chi connectivity index (χ4n) is 5.12. The van der Waals surface area contributed by atoms with E-state index < -0.39 is 0 Å². The third kappa shape index (κ3) is 3.39. The van der Waals surface area contributed by atoms with Gasteiger partial charge < -0.3 is 10.6 Å². The smallest absolute Gasteiger partial charge is 0.0158 e. The molecule has 0 aromatic carbocycles. The molecule has 2 rings (SSSR count). The summed E-state index contributed by atoms with van der Waals surface area (Å²) in [5.74, 6) is 1.61. The van der Waals surface area contributed by atoms with E-state index in [0.29, 0.717) is 11.1 Å². The third-order valence-corrected chi connectivity index (χ3v) is 5.74. The van der Waals surface area contributed by atoms with E-state index >= 15 is 0 Å². The first-order chi connectivity index (χ1) is 8.83. The second-order valence-electron chi connectivity index (χ2n) is 9.84. The molecule has 20 heavy (non-hydrogen) atoms. The van der Waals surface area contributed by atoms with Crippen molar-refractivity contribution < 1.29 is 0 Å². The van der Waals surface area contributed by atoms with Crippen molar-refractivity contribution in [1.82, 2.24) is 10.6 Å². The SMILES string of the molecule is CC1(C)CC(CCC2CC(C)(C)NC2(C)C)C(C)(C)N1. The molecular formula is C18H36N2. The Morgan fingerprint density at radius 2 is 0.950 bits per heavy atom. The zero-order valence-electron chi connectivity index (χ0n) is 15.0. The predicted octanol–water partition coefficient (Wildman–Crippen LogP) is 4.10. The summed E-state index contributed by atoms with van der Waals surface area (Å²) in [6.45, 7) is 18.9. The van der Waals surface area contributed by atoms with Crippen LogP contribution < -0.4 is 10.6 Å². The zero-order valence-corrected chi connectivity index (χ0v) is 15.0. The van der Waals surface area contributed by atoms with E-state index in [1.807, 2.05) is 0 Å². The van der Waals surface area contributed by atoms with E-state index in [4.69, 9.17) is 0 Å². The molecule has 2 unspecified atom stereocenters. The summed E-state index contributed by atoms with van der Waals surface area (Å²) in [4.78, 5) is 0. The fourth-order valence-corrected chi connectivity index (χ4v) is 5.12. The van der Waals surface area contributed by atoms with Gasteiger partial charge in [0.15, 0.2) is 0 Å². The number of rotatable bonds is 3. The monoisotopic (exact) mass is 280 g/mol. The van der Waals surface area contributed by atoms with Gasteiger partial charge in [-0.05, 0) is 92.9 Å². The van der Waals surface area contributed by atoms with Crippen molar-refractivity contribution in [3.05, 3.63) is 0 Å². The maximum atomic E-state index is 3.82. The molecule has 2 fully saturated rings. The number of hydrogen-bond acceptors (Lipinski definition) is 2. The van der Waals surface area contributed by atoms with E-state index in [1.54, 1.807) is 0 Å². The van der Waals surface area contributed by atoms with E-state index in [0.717, 1.165) is 11.8 Å². The largest absolute Gasteiger partial charge is 0.307 e. The molecule has 2 saturated heterocycles. The van der Waals surface area contributed by atoms with Crippen LogP contribution >= 0.6 is 0 Å². The maximum Gasteiger partial charge on any atom is 0.0158 e. The molecule has 2 heterocycles. The lowest BCUT2D eigenvalue weighted by molar-refractivity contribution is 0.253. The average molecular weight is 280 g/mol. The van der Waals surface area contributed by atoms with Gasteiger partial charge in [0.25, 0.3) is 0 Å². The summed E-state index contributed by atoms with van der Waals surface area (Å²) in [6, 6.07) is 0. The van der Waals surface area contributed by atoms with Gasteiger partial charge in [0.1, 0.15) is 0 Å². The Hall–Kier alpha value is -0.0800. The molecule has 0 saturated carbocycles. The molecule has 2 N–H and O–H groups in total. The lowest BCUT2D eigenvalue weighted by Crippen LogP contribution is -2.46. The van der Waals surface area contributed by atoms with Gasteiger partial charge in [0.05, 0.1) is 0 Å². The Bertz CT molecular complexity index is 330. The van der Waals surface area contributed by atoms with Gasteiger partial charge in [-0.25, -0.2) is 0 Å². The summed E-state index contributed by atoms with van der Waals surface area (Å²) in [7, 11) is 0. The van der Waals surface area contributed by atoms with Crippen molar-refractivity contribution in [1.29, 1.82) is 0 Å². The van der Waals surface area contributed by atoms with Crippen molar-refractivity contribution in [2.75, 3.05) is 0 Å². The van der Waals surface area contributed by atoms with Crippen LogP contribution in [0.5, 0.6) is 0 Å². The average Bonchev–Trinajstić information content (AvgIpc) is 2.50. The molecule has 118 valence electrons. The van der Waals surface area contributed by atoms with Gasteiger partial charge in [0, 0.05) is 22.2 Å². The highest BCUT2D eigenvalue weighted by molar-refractivity contribution is 5.05. The summed E-state index contributed by atoms with van der Waals surface area (Å²) in [6.07, 6.45) is 5.33. The van der Waals surface area contributed by atoms with Crippen molar-refractivity contribution in [3.63, 3.8) is 0 Å². The molecule has 0 bridgehead atoms. The van der Waals surface area contributed by atoms with Crippen LogP contribution in [-0.4, -0.2) is 22.2 Å². The zero-order chi connectivity index (χ0) is 15.4. The Morgan fingerprint density at radius 3 is 1.15 bits per heavy atom. The molecule has 0 aliphatic carbocycles. The van der Waals surface area contributed by atoms with Crippen molar-refractivity contribution >= 4 is 0 Å². The Kier molecular flexibility index (Phi) is 3.84. The van der Waals surface area contributed by atoms with Crippen LogP contribution in [0.1, 0.15) is 81.1 Å². The lowest BCUT2D eigenvalue weighted by Gasteiger charge is -2.32. The summed E-state index contributed by atoms with van der Waals surface area (Å²) in [5, 5.41) is 7.63. The van der Waals surface area contributed by atoms with E-state index in [9.17, 15) is 0 Å². The summed E-state index contributed by atoms with van der Waals surface area (Å²) in [5.41, 5.74) is 1.18. The van der Waals surface area contributed by atoms with E-state index in [-0.39, 0.29) is 11.1 Å². The Balaban J connectivity index is 1.96. The fraction of sp³-hybridized carbons (Fsp3) is 1.00.